The van der Waals surface area contributed by atoms with Crippen LogP contribution < -0.4 is 0 Å². The Labute approximate surface area is 117 Å². The summed E-state index contributed by atoms with van der Waals surface area (Å²) in [5, 5.41) is 0.986. The molecule has 1 aliphatic rings. The first-order valence-corrected chi connectivity index (χ1v) is 6.42. The van der Waals surface area contributed by atoms with Crippen LogP contribution in [0, 0.1) is 6.92 Å². The molecule has 20 heavy (non-hydrogen) atoms. The molecule has 1 amide bonds. The lowest BCUT2D eigenvalue weighted by molar-refractivity contribution is -0.170. The van der Waals surface area contributed by atoms with E-state index in [1.807, 2.05) is 19.1 Å². The number of amides is 1. The summed E-state index contributed by atoms with van der Waals surface area (Å²) in [6.45, 7) is 7.13. The maximum absolute atomic E-state index is 12.1. The van der Waals surface area contributed by atoms with Crippen molar-refractivity contribution in [3.05, 3.63) is 29.6 Å². The van der Waals surface area contributed by atoms with Crippen molar-refractivity contribution >= 4 is 12.1 Å². The van der Waals surface area contributed by atoms with Gasteiger partial charge in [0.15, 0.2) is 0 Å². The van der Waals surface area contributed by atoms with Crippen molar-refractivity contribution in [1.82, 2.24) is 10.0 Å². The molecular weight excluding hydrogens is 260 g/mol. The van der Waals surface area contributed by atoms with Gasteiger partial charge in [0, 0.05) is 11.9 Å². The number of rotatable bonds is 1. The van der Waals surface area contributed by atoms with Crippen LogP contribution in [0.5, 0.6) is 0 Å². The van der Waals surface area contributed by atoms with Crippen LogP contribution in [0.15, 0.2) is 18.3 Å². The number of aryl methyl sites for hydroxylation is 1. The van der Waals surface area contributed by atoms with Gasteiger partial charge in [0.1, 0.15) is 11.6 Å². The Morgan fingerprint density at radius 1 is 1.45 bits per heavy atom. The van der Waals surface area contributed by atoms with Crippen LogP contribution in [-0.2, 0) is 14.4 Å². The van der Waals surface area contributed by atoms with Gasteiger partial charge in [-0.3, -0.25) is 4.98 Å². The number of ether oxygens (including phenoxy) is 1. The van der Waals surface area contributed by atoms with Crippen LogP contribution in [0.4, 0.5) is 4.79 Å². The van der Waals surface area contributed by atoms with Crippen LogP contribution >= 0.6 is 0 Å². The number of carbonyl (C=O) groups is 2. The van der Waals surface area contributed by atoms with Gasteiger partial charge in [-0.2, -0.15) is 0 Å². The maximum Gasteiger partial charge on any atom is 0.444 e. The van der Waals surface area contributed by atoms with Crippen LogP contribution in [-0.4, -0.2) is 27.7 Å². The molecule has 1 atom stereocenters. The summed E-state index contributed by atoms with van der Waals surface area (Å²) in [4.78, 5) is 32.7. The number of hydrogen-bond acceptors (Lipinski definition) is 5. The van der Waals surface area contributed by atoms with Crippen LogP contribution in [0.1, 0.15) is 44.5 Å². The Kier molecular flexibility index (Phi) is 3.65. The molecule has 108 valence electrons. The second-order valence-electron chi connectivity index (χ2n) is 5.72. The zero-order valence-corrected chi connectivity index (χ0v) is 12.0. The lowest BCUT2D eigenvalue weighted by Crippen LogP contribution is -2.35. The number of hydroxylamine groups is 2. The zero-order chi connectivity index (χ0) is 14.9. The molecule has 1 saturated heterocycles. The van der Waals surface area contributed by atoms with E-state index in [1.165, 1.54) is 0 Å². The lowest BCUT2D eigenvalue weighted by Gasteiger charge is -2.26. The first kappa shape index (κ1) is 14.3. The zero-order valence-electron chi connectivity index (χ0n) is 12.0. The molecule has 0 aliphatic carbocycles. The van der Waals surface area contributed by atoms with E-state index in [1.54, 1.807) is 27.0 Å². The SMILES string of the molecule is Cc1ccc(C2CC(=O)ON2C(=O)OC(C)(C)C)cn1. The number of hydrogen-bond donors (Lipinski definition) is 0. The normalized spacial score (nSPS) is 18.9. The largest absolute Gasteiger partial charge is 0.444 e. The first-order chi connectivity index (χ1) is 9.26. The third-order valence-electron chi connectivity index (χ3n) is 2.74. The molecule has 1 unspecified atom stereocenters. The first-order valence-electron chi connectivity index (χ1n) is 6.42. The van der Waals surface area contributed by atoms with Crippen molar-refractivity contribution < 1.29 is 19.2 Å². The van der Waals surface area contributed by atoms with Crippen LogP contribution in [0.25, 0.3) is 0 Å². The number of nitrogens with zero attached hydrogens (tertiary/aromatic N) is 2. The van der Waals surface area contributed by atoms with Gasteiger partial charge in [0.2, 0.25) is 0 Å². The van der Waals surface area contributed by atoms with E-state index in [0.29, 0.717) is 0 Å². The van der Waals surface area contributed by atoms with Gasteiger partial charge in [-0.25, -0.2) is 9.59 Å². The predicted octanol–water partition coefficient (Wildman–Crippen LogP) is 2.53. The molecule has 0 aromatic carbocycles. The molecule has 1 aromatic heterocycles. The molecule has 0 saturated carbocycles. The monoisotopic (exact) mass is 278 g/mol. The molecule has 0 radical (unpaired) electrons. The summed E-state index contributed by atoms with van der Waals surface area (Å²) in [6, 6.07) is 3.16. The van der Waals surface area contributed by atoms with E-state index in [0.717, 1.165) is 16.3 Å². The van der Waals surface area contributed by atoms with E-state index in [-0.39, 0.29) is 6.42 Å². The summed E-state index contributed by atoms with van der Waals surface area (Å²) >= 11 is 0. The fourth-order valence-corrected chi connectivity index (χ4v) is 1.85. The molecule has 1 aliphatic heterocycles. The summed E-state index contributed by atoms with van der Waals surface area (Å²) in [5.74, 6) is -0.457. The average molecular weight is 278 g/mol. The Morgan fingerprint density at radius 3 is 2.70 bits per heavy atom. The third kappa shape index (κ3) is 3.26. The molecule has 6 heteroatoms. The molecule has 0 spiro atoms. The fraction of sp³-hybridized carbons (Fsp3) is 0.500. The maximum atomic E-state index is 12.1. The van der Waals surface area contributed by atoms with Crippen molar-refractivity contribution in [3.63, 3.8) is 0 Å². The summed E-state index contributed by atoms with van der Waals surface area (Å²) in [6.07, 6.45) is 1.07. The van der Waals surface area contributed by atoms with Gasteiger partial charge in [-0.05, 0) is 39.3 Å². The van der Waals surface area contributed by atoms with E-state index < -0.39 is 23.7 Å². The van der Waals surface area contributed by atoms with Crippen molar-refractivity contribution in [3.8, 4) is 0 Å². The number of carbonyl (C=O) groups excluding carboxylic acids is 2. The van der Waals surface area contributed by atoms with Gasteiger partial charge in [-0.15, -0.1) is 5.06 Å². The standard InChI is InChI=1S/C14H18N2O4/c1-9-5-6-10(8-15-9)11-7-12(17)20-16(11)13(18)19-14(2,3)4/h5-6,8,11H,7H2,1-4H3. The second kappa shape index (κ2) is 5.11. The molecule has 0 bridgehead atoms. The second-order valence-corrected chi connectivity index (χ2v) is 5.72. The fourth-order valence-electron chi connectivity index (χ4n) is 1.85. The lowest BCUT2D eigenvalue weighted by atomic mass is 10.1. The van der Waals surface area contributed by atoms with Crippen molar-refractivity contribution in [2.75, 3.05) is 0 Å². The minimum Gasteiger partial charge on any atom is -0.442 e. The molecule has 2 rings (SSSR count). The quantitative estimate of drug-likeness (QED) is 0.789. The van der Waals surface area contributed by atoms with E-state index in [4.69, 9.17) is 9.57 Å². The Bertz CT molecular complexity index is 519. The predicted molar refractivity (Wildman–Crippen MR) is 70.5 cm³/mol. The molecule has 1 aromatic rings. The molecule has 6 nitrogen and oxygen atoms in total. The summed E-state index contributed by atoms with van der Waals surface area (Å²) in [5.41, 5.74) is 0.956. The van der Waals surface area contributed by atoms with Crippen molar-refractivity contribution in [1.29, 1.82) is 0 Å². The van der Waals surface area contributed by atoms with Gasteiger partial charge in [-0.1, -0.05) is 6.07 Å². The van der Waals surface area contributed by atoms with Crippen molar-refractivity contribution in [2.45, 2.75) is 45.8 Å². The number of pyridine rings is 1. The van der Waals surface area contributed by atoms with Crippen LogP contribution in [0.3, 0.4) is 0 Å². The minimum atomic E-state index is -0.672. The minimum absolute atomic E-state index is 0.101. The average Bonchev–Trinajstić information content (AvgIpc) is 2.70. The Morgan fingerprint density at radius 2 is 2.15 bits per heavy atom. The molecular formula is C14H18N2O4. The third-order valence-corrected chi connectivity index (χ3v) is 2.74. The summed E-state index contributed by atoms with van der Waals surface area (Å²) < 4.78 is 5.23. The highest BCUT2D eigenvalue weighted by Gasteiger charge is 2.40. The van der Waals surface area contributed by atoms with Gasteiger partial charge in [0.05, 0.1) is 6.42 Å². The smallest absolute Gasteiger partial charge is 0.442 e. The highest BCUT2D eigenvalue weighted by atomic mass is 16.8. The van der Waals surface area contributed by atoms with Gasteiger partial charge < -0.3 is 9.57 Å². The molecule has 1 fully saturated rings. The van der Waals surface area contributed by atoms with E-state index >= 15 is 0 Å². The topological polar surface area (TPSA) is 68.7 Å². The van der Waals surface area contributed by atoms with Crippen molar-refractivity contribution in [2.24, 2.45) is 0 Å². The van der Waals surface area contributed by atoms with Crippen LogP contribution in [0.2, 0.25) is 0 Å². The Balaban J connectivity index is 2.20. The number of aromatic nitrogens is 1. The highest BCUT2D eigenvalue weighted by molar-refractivity contribution is 5.78. The van der Waals surface area contributed by atoms with E-state index in [9.17, 15) is 9.59 Å². The van der Waals surface area contributed by atoms with Gasteiger partial charge >= 0.3 is 12.1 Å². The Hall–Kier alpha value is -2.11. The highest BCUT2D eigenvalue weighted by Crippen LogP contribution is 2.32. The van der Waals surface area contributed by atoms with E-state index in [2.05, 4.69) is 4.98 Å². The summed E-state index contributed by atoms with van der Waals surface area (Å²) in [7, 11) is 0. The molecule has 0 N–H and O–H groups in total. The van der Waals surface area contributed by atoms with Gasteiger partial charge in [0.25, 0.3) is 0 Å². The molecule has 2 heterocycles.